The van der Waals surface area contributed by atoms with Gasteiger partial charge in [0.1, 0.15) is 12.7 Å². The van der Waals surface area contributed by atoms with Crippen molar-refractivity contribution in [1.29, 1.82) is 0 Å². The Morgan fingerprint density at radius 1 is 0.774 bits per heavy atom. The van der Waals surface area contributed by atoms with E-state index >= 15 is 0 Å². The van der Waals surface area contributed by atoms with Gasteiger partial charge in [-0.1, -0.05) is 11.8 Å². The molecule has 0 aliphatic carbocycles. The standard InChI is InChI=1S/C18H25NO11S/c1-8(20)26-6-13-15(27-9(2)21)16(28-10(3)22)17(29-11(4)23)18(30-13)19-14(25)7-31-12(5)24/h13,15-18H,6-7H2,1-5H3,(H,19,25)/t13-,15-,16+,17-,18-/m1/s1. The van der Waals surface area contributed by atoms with Crippen LogP contribution in [-0.4, -0.2) is 77.9 Å². The van der Waals surface area contributed by atoms with Crippen LogP contribution in [0.1, 0.15) is 34.6 Å². The first-order chi connectivity index (χ1) is 14.4. The number of rotatable bonds is 8. The van der Waals surface area contributed by atoms with E-state index in [-0.39, 0.29) is 10.9 Å². The highest BCUT2D eigenvalue weighted by Gasteiger charge is 2.52. The molecule has 1 aliphatic heterocycles. The number of thioether (sulfide) groups is 1. The first-order valence-corrected chi connectivity index (χ1v) is 10.1. The Morgan fingerprint density at radius 3 is 1.77 bits per heavy atom. The molecule has 13 heteroatoms. The molecule has 0 aromatic heterocycles. The van der Waals surface area contributed by atoms with Crippen LogP contribution in [0.3, 0.4) is 0 Å². The zero-order valence-electron chi connectivity index (χ0n) is 17.7. The number of hydrogen-bond acceptors (Lipinski definition) is 12. The Labute approximate surface area is 182 Å². The summed E-state index contributed by atoms with van der Waals surface area (Å²) in [7, 11) is 0. The van der Waals surface area contributed by atoms with Gasteiger partial charge in [0.25, 0.3) is 0 Å². The van der Waals surface area contributed by atoms with E-state index in [1.54, 1.807) is 0 Å². The van der Waals surface area contributed by atoms with Crippen LogP contribution in [0.15, 0.2) is 0 Å². The van der Waals surface area contributed by atoms with Crippen molar-refractivity contribution in [2.75, 3.05) is 12.4 Å². The molecular weight excluding hydrogens is 438 g/mol. The molecular formula is C18H25NO11S. The second-order valence-electron chi connectivity index (χ2n) is 6.47. The van der Waals surface area contributed by atoms with Crippen molar-refractivity contribution in [2.45, 2.75) is 65.3 Å². The molecule has 1 rings (SSSR count). The summed E-state index contributed by atoms with van der Waals surface area (Å²) in [6.45, 7) is 5.29. The second kappa shape index (κ2) is 12.2. The van der Waals surface area contributed by atoms with Gasteiger partial charge in [0.15, 0.2) is 29.7 Å². The molecule has 1 aliphatic rings. The predicted molar refractivity (Wildman–Crippen MR) is 103 cm³/mol. The molecule has 0 unspecified atom stereocenters. The van der Waals surface area contributed by atoms with Crippen molar-refractivity contribution in [2.24, 2.45) is 0 Å². The van der Waals surface area contributed by atoms with Gasteiger partial charge in [-0.2, -0.15) is 0 Å². The van der Waals surface area contributed by atoms with Crippen LogP contribution in [-0.2, 0) is 52.5 Å². The Morgan fingerprint density at radius 2 is 1.29 bits per heavy atom. The summed E-state index contributed by atoms with van der Waals surface area (Å²) in [5, 5.41) is 2.15. The largest absolute Gasteiger partial charge is 0.463 e. The molecule has 0 saturated carbocycles. The summed E-state index contributed by atoms with van der Waals surface area (Å²) >= 11 is 0.740. The van der Waals surface area contributed by atoms with Crippen molar-refractivity contribution < 1.29 is 52.5 Å². The minimum Gasteiger partial charge on any atom is -0.463 e. The van der Waals surface area contributed by atoms with Gasteiger partial charge in [-0.05, 0) is 0 Å². The van der Waals surface area contributed by atoms with Crippen molar-refractivity contribution in [3.63, 3.8) is 0 Å². The number of hydrogen-bond donors (Lipinski definition) is 1. The minimum absolute atomic E-state index is 0.248. The molecule has 0 bridgehead atoms. The molecule has 174 valence electrons. The molecule has 1 N–H and O–H groups in total. The van der Waals surface area contributed by atoms with Gasteiger partial charge < -0.3 is 29.0 Å². The van der Waals surface area contributed by atoms with E-state index in [1.165, 1.54) is 6.92 Å². The third kappa shape index (κ3) is 9.34. The topological polar surface area (TPSA) is 161 Å². The molecule has 5 atom stereocenters. The number of carbonyl (C=O) groups is 6. The Hall–Kier alpha value is -2.67. The molecule has 0 spiro atoms. The van der Waals surface area contributed by atoms with Gasteiger partial charge in [-0.3, -0.25) is 28.8 Å². The Kier molecular flexibility index (Phi) is 10.4. The number of carbonyl (C=O) groups excluding carboxylic acids is 6. The maximum Gasteiger partial charge on any atom is 0.303 e. The van der Waals surface area contributed by atoms with Gasteiger partial charge >= 0.3 is 23.9 Å². The van der Waals surface area contributed by atoms with Gasteiger partial charge in [-0.15, -0.1) is 0 Å². The highest BCUT2D eigenvalue weighted by Crippen LogP contribution is 2.28. The van der Waals surface area contributed by atoms with Crippen molar-refractivity contribution in [3.05, 3.63) is 0 Å². The van der Waals surface area contributed by atoms with Crippen LogP contribution >= 0.6 is 11.8 Å². The summed E-state index contributed by atoms with van der Waals surface area (Å²) < 4.78 is 26.3. The Bertz CT molecular complexity index is 725. The lowest BCUT2D eigenvalue weighted by molar-refractivity contribution is -0.256. The molecule has 1 heterocycles. The quantitative estimate of drug-likeness (QED) is 0.362. The van der Waals surface area contributed by atoms with Crippen LogP contribution in [0.5, 0.6) is 0 Å². The maximum absolute atomic E-state index is 12.2. The lowest BCUT2D eigenvalue weighted by Crippen LogP contribution is -2.66. The van der Waals surface area contributed by atoms with E-state index in [0.29, 0.717) is 0 Å². The fourth-order valence-corrected chi connectivity index (χ4v) is 3.13. The summed E-state index contributed by atoms with van der Waals surface area (Å²) in [6.07, 6.45) is -6.63. The monoisotopic (exact) mass is 463 g/mol. The molecule has 0 aromatic rings. The lowest BCUT2D eigenvalue weighted by atomic mass is 9.97. The zero-order chi connectivity index (χ0) is 23.7. The normalized spacial score (nSPS) is 25.0. The summed E-state index contributed by atoms with van der Waals surface area (Å²) in [4.78, 5) is 69.6. The van der Waals surface area contributed by atoms with E-state index in [4.69, 9.17) is 23.7 Å². The van der Waals surface area contributed by atoms with Gasteiger partial charge in [0.2, 0.25) is 5.91 Å². The fourth-order valence-electron chi connectivity index (χ4n) is 2.71. The lowest BCUT2D eigenvalue weighted by Gasteiger charge is -2.44. The van der Waals surface area contributed by atoms with Crippen LogP contribution in [0.25, 0.3) is 0 Å². The van der Waals surface area contributed by atoms with E-state index in [9.17, 15) is 28.8 Å². The molecule has 0 aromatic carbocycles. The van der Waals surface area contributed by atoms with Crippen LogP contribution in [0.2, 0.25) is 0 Å². The average Bonchev–Trinajstić information content (AvgIpc) is 2.62. The fraction of sp³-hybridized carbons (Fsp3) is 0.667. The average molecular weight is 463 g/mol. The molecule has 1 saturated heterocycles. The first-order valence-electron chi connectivity index (χ1n) is 9.14. The third-order valence-corrected chi connectivity index (χ3v) is 4.51. The smallest absolute Gasteiger partial charge is 0.303 e. The molecule has 31 heavy (non-hydrogen) atoms. The van der Waals surface area contributed by atoms with Crippen LogP contribution < -0.4 is 5.32 Å². The Balaban J connectivity index is 3.27. The van der Waals surface area contributed by atoms with E-state index in [2.05, 4.69) is 5.32 Å². The van der Waals surface area contributed by atoms with Crippen molar-refractivity contribution >= 4 is 46.7 Å². The summed E-state index contributed by atoms with van der Waals surface area (Å²) in [5.74, 6) is -3.88. The zero-order valence-corrected chi connectivity index (χ0v) is 18.5. The van der Waals surface area contributed by atoms with E-state index in [1.807, 2.05) is 0 Å². The van der Waals surface area contributed by atoms with Crippen molar-refractivity contribution in [3.8, 4) is 0 Å². The summed E-state index contributed by atoms with van der Waals surface area (Å²) in [5.41, 5.74) is 0. The number of esters is 4. The maximum atomic E-state index is 12.2. The van der Waals surface area contributed by atoms with Crippen LogP contribution in [0.4, 0.5) is 0 Å². The van der Waals surface area contributed by atoms with E-state index in [0.717, 1.165) is 39.5 Å². The number of amides is 1. The van der Waals surface area contributed by atoms with Gasteiger partial charge in [-0.25, -0.2) is 0 Å². The minimum atomic E-state index is -1.40. The predicted octanol–water partition coefficient (Wildman–Crippen LogP) is -0.535. The SMILES string of the molecule is CC(=O)OC[C@H]1O[C@@H](NC(=O)CSC(C)=O)[C@H](OC(C)=O)[C@@H](OC(C)=O)[C@@H]1OC(C)=O. The molecule has 0 radical (unpaired) electrons. The number of nitrogens with one attached hydrogen (secondary N) is 1. The molecule has 1 amide bonds. The molecule has 1 fully saturated rings. The molecule has 12 nitrogen and oxygen atoms in total. The number of ether oxygens (including phenoxy) is 5. The highest BCUT2D eigenvalue weighted by molar-refractivity contribution is 8.14. The van der Waals surface area contributed by atoms with Crippen LogP contribution in [0, 0.1) is 0 Å². The van der Waals surface area contributed by atoms with Gasteiger partial charge in [0.05, 0.1) is 5.75 Å². The van der Waals surface area contributed by atoms with Crippen molar-refractivity contribution in [1.82, 2.24) is 5.32 Å². The summed E-state index contributed by atoms with van der Waals surface area (Å²) in [6, 6.07) is 0. The highest BCUT2D eigenvalue weighted by atomic mass is 32.2. The first kappa shape index (κ1) is 26.4. The third-order valence-electron chi connectivity index (χ3n) is 3.70. The van der Waals surface area contributed by atoms with E-state index < -0.39 is 67.0 Å². The van der Waals surface area contributed by atoms with Gasteiger partial charge in [0, 0.05) is 34.6 Å². The second-order valence-corrected chi connectivity index (χ2v) is 7.62.